The lowest BCUT2D eigenvalue weighted by molar-refractivity contribution is -0.137. The second kappa shape index (κ2) is 9.04. The number of aromatic nitrogens is 1. The number of primary amides is 1. The predicted octanol–water partition coefficient (Wildman–Crippen LogP) is 4.76. The molecule has 0 saturated carbocycles. The molecule has 0 aliphatic rings. The third-order valence-electron chi connectivity index (χ3n) is 4.99. The molecule has 33 heavy (non-hydrogen) atoms. The van der Waals surface area contributed by atoms with E-state index in [4.69, 9.17) is 5.73 Å². The lowest BCUT2D eigenvalue weighted by atomic mass is 10.1. The van der Waals surface area contributed by atoms with E-state index in [0.717, 1.165) is 29.2 Å². The highest BCUT2D eigenvalue weighted by Gasteiger charge is 2.30. The number of hydrogen-bond donors (Lipinski definition) is 2. The molecule has 2 amide bonds. The van der Waals surface area contributed by atoms with Crippen LogP contribution in [0.2, 0.25) is 0 Å². The lowest BCUT2D eigenvalue weighted by Crippen LogP contribution is -2.14. The van der Waals surface area contributed by atoms with Gasteiger partial charge >= 0.3 is 6.18 Å². The van der Waals surface area contributed by atoms with Crippen molar-refractivity contribution in [2.75, 3.05) is 5.32 Å². The van der Waals surface area contributed by atoms with E-state index in [1.165, 1.54) is 18.2 Å². The van der Waals surface area contributed by atoms with Gasteiger partial charge in [-0.15, -0.1) is 0 Å². The molecule has 0 atom stereocenters. The highest BCUT2D eigenvalue weighted by molar-refractivity contribution is 6.09. The highest BCUT2D eigenvalue weighted by Crippen LogP contribution is 2.31. The van der Waals surface area contributed by atoms with E-state index in [2.05, 4.69) is 5.32 Å². The molecule has 1 aromatic heterocycles. The summed E-state index contributed by atoms with van der Waals surface area (Å²) < 4.78 is 40.6. The Morgan fingerprint density at radius 3 is 2.33 bits per heavy atom. The van der Waals surface area contributed by atoms with Gasteiger partial charge in [-0.1, -0.05) is 6.07 Å². The average Bonchev–Trinajstić information content (AvgIpc) is 3.04. The molecule has 3 N–H and O–H groups in total. The van der Waals surface area contributed by atoms with Crippen LogP contribution in [0.1, 0.15) is 32.9 Å². The van der Waals surface area contributed by atoms with E-state index in [0.29, 0.717) is 11.1 Å². The van der Waals surface area contributed by atoms with Crippen LogP contribution >= 0.6 is 0 Å². The van der Waals surface area contributed by atoms with Crippen LogP contribution in [0.5, 0.6) is 0 Å². The summed E-state index contributed by atoms with van der Waals surface area (Å²) in [5.41, 5.74) is 7.25. The number of halogens is 3. The summed E-state index contributed by atoms with van der Waals surface area (Å²) in [6.07, 6.45) is -3.18. The van der Waals surface area contributed by atoms with E-state index in [9.17, 15) is 28.0 Å². The number of benzene rings is 2. The van der Waals surface area contributed by atoms with Gasteiger partial charge in [0.2, 0.25) is 5.91 Å². The Morgan fingerprint density at radius 1 is 1.09 bits per heavy atom. The quantitative estimate of drug-likeness (QED) is 0.431. The minimum Gasteiger partial charge on any atom is -0.366 e. The summed E-state index contributed by atoms with van der Waals surface area (Å²) in [5, 5.41) is 11.8. The second-order valence-corrected chi connectivity index (χ2v) is 7.28. The van der Waals surface area contributed by atoms with Gasteiger partial charge in [0.25, 0.3) is 5.91 Å². The molecular formula is C24H19F3N4O2. The molecular weight excluding hydrogens is 433 g/mol. The molecule has 0 aliphatic heterocycles. The number of amides is 2. The fraction of sp³-hybridized carbons (Fsp3) is 0.125. The Bertz CT molecular complexity index is 1300. The number of nitrogens with one attached hydrogen (secondary N) is 1. The third-order valence-corrected chi connectivity index (χ3v) is 4.99. The number of alkyl halides is 3. The van der Waals surface area contributed by atoms with Crippen molar-refractivity contribution in [2.45, 2.75) is 20.0 Å². The number of nitrogens with two attached hydrogens (primary N) is 1. The number of hydrogen-bond acceptors (Lipinski definition) is 3. The number of nitriles is 1. The molecule has 0 unspecified atom stereocenters. The zero-order valence-corrected chi connectivity index (χ0v) is 17.7. The van der Waals surface area contributed by atoms with E-state index in [1.807, 2.05) is 11.5 Å². The Kier molecular flexibility index (Phi) is 6.40. The van der Waals surface area contributed by atoms with Crippen molar-refractivity contribution >= 4 is 23.6 Å². The van der Waals surface area contributed by atoms with Crippen molar-refractivity contribution in [1.29, 1.82) is 5.26 Å². The molecule has 6 nitrogen and oxygen atoms in total. The highest BCUT2D eigenvalue weighted by atomic mass is 19.4. The van der Waals surface area contributed by atoms with Crippen molar-refractivity contribution in [3.63, 3.8) is 0 Å². The van der Waals surface area contributed by atoms with Gasteiger partial charge in [0.1, 0.15) is 11.6 Å². The minimum absolute atomic E-state index is 0.0732. The number of anilines is 1. The van der Waals surface area contributed by atoms with Crippen molar-refractivity contribution in [1.82, 2.24) is 4.57 Å². The van der Waals surface area contributed by atoms with Gasteiger partial charge in [-0.2, -0.15) is 18.4 Å². The molecule has 3 aromatic rings. The normalized spacial score (nSPS) is 11.7. The molecule has 168 valence electrons. The Hall–Kier alpha value is -4.32. The van der Waals surface area contributed by atoms with Crippen molar-refractivity contribution in [2.24, 2.45) is 5.73 Å². The van der Waals surface area contributed by atoms with Crippen molar-refractivity contribution < 1.29 is 22.8 Å². The first-order valence-electron chi connectivity index (χ1n) is 9.71. The molecule has 0 radical (unpaired) electrons. The summed E-state index contributed by atoms with van der Waals surface area (Å²) in [6, 6.07) is 14.4. The summed E-state index contributed by atoms with van der Waals surface area (Å²) >= 11 is 0. The molecule has 3 rings (SSSR count). The van der Waals surface area contributed by atoms with Crippen LogP contribution in [0.25, 0.3) is 11.8 Å². The van der Waals surface area contributed by atoms with Crippen LogP contribution in [-0.2, 0) is 11.0 Å². The van der Waals surface area contributed by atoms with Gasteiger partial charge in [-0.25, -0.2) is 0 Å². The van der Waals surface area contributed by atoms with Crippen LogP contribution in [-0.4, -0.2) is 16.4 Å². The van der Waals surface area contributed by atoms with Crippen LogP contribution < -0.4 is 11.1 Å². The number of aryl methyl sites for hydroxylation is 1. The summed E-state index contributed by atoms with van der Waals surface area (Å²) in [5.74, 6) is -1.37. The predicted molar refractivity (Wildman–Crippen MR) is 117 cm³/mol. The van der Waals surface area contributed by atoms with E-state index in [-0.39, 0.29) is 11.3 Å². The zero-order valence-electron chi connectivity index (χ0n) is 17.7. The minimum atomic E-state index is -4.55. The van der Waals surface area contributed by atoms with Crippen LogP contribution in [0.15, 0.2) is 60.2 Å². The smallest absolute Gasteiger partial charge is 0.366 e. The van der Waals surface area contributed by atoms with Gasteiger partial charge < -0.3 is 15.6 Å². The van der Waals surface area contributed by atoms with Crippen LogP contribution in [0, 0.1) is 25.2 Å². The maximum absolute atomic E-state index is 12.9. The fourth-order valence-electron chi connectivity index (χ4n) is 3.38. The molecule has 0 aliphatic carbocycles. The summed E-state index contributed by atoms with van der Waals surface area (Å²) in [6.45, 7) is 3.63. The van der Waals surface area contributed by atoms with Gasteiger partial charge in [-0.05, 0) is 74.0 Å². The molecule has 0 spiro atoms. The molecule has 0 fully saturated rings. The first-order chi connectivity index (χ1) is 15.5. The van der Waals surface area contributed by atoms with Gasteiger partial charge in [-0.3, -0.25) is 9.59 Å². The van der Waals surface area contributed by atoms with Crippen LogP contribution in [0.3, 0.4) is 0 Å². The third kappa shape index (κ3) is 5.13. The maximum atomic E-state index is 12.9. The Labute approximate surface area is 187 Å². The summed E-state index contributed by atoms with van der Waals surface area (Å²) in [4.78, 5) is 23.8. The Morgan fingerprint density at radius 2 is 1.76 bits per heavy atom. The average molecular weight is 452 g/mol. The second-order valence-electron chi connectivity index (χ2n) is 7.28. The van der Waals surface area contributed by atoms with Gasteiger partial charge in [0.05, 0.1) is 5.56 Å². The molecule has 2 aromatic carbocycles. The van der Waals surface area contributed by atoms with E-state index < -0.39 is 23.6 Å². The standard InChI is InChI=1S/C24H19F3N4O2/c1-14-10-17(15(2)31(14)21-8-6-16(7-9-21)22(29)32)11-18(13-28)23(33)30-20-5-3-4-19(12-20)24(25,26)27/h3-12H,1-2H3,(H2,29,32)(H,30,33)/b18-11-. The van der Waals surface area contributed by atoms with Crippen molar-refractivity contribution in [3.8, 4) is 11.8 Å². The van der Waals surface area contributed by atoms with Crippen molar-refractivity contribution in [3.05, 3.63) is 88.2 Å². The molecule has 9 heteroatoms. The lowest BCUT2D eigenvalue weighted by Gasteiger charge is -2.10. The first kappa shape index (κ1) is 23.3. The number of rotatable bonds is 5. The number of nitrogens with zero attached hydrogens (tertiary/aromatic N) is 2. The zero-order chi connectivity index (χ0) is 24.3. The topological polar surface area (TPSA) is 101 Å². The Balaban J connectivity index is 1.90. The van der Waals surface area contributed by atoms with E-state index >= 15 is 0 Å². The summed E-state index contributed by atoms with van der Waals surface area (Å²) in [7, 11) is 0. The molecule has 0 saturated heterocycles. The SMILES string of the molecule is Cc1cc(/C=C(/C#N)C(=O)Nc2cccc(C(F)(F)F)c2)c(C)n1-c1ccc(C(N)=O)cc1. The monoisotopic (exact) mass is 452 g/mol. The largest absolute Gasteiger partial charge is 0.416 e. The van der Waals surface area contributed by atoms with Gasteiger partial charge in [0, 0.05) is 28.3 Å². The van der Waals surface area contributed by atoms with E-state index in [1.54, 1.807) is 43.3 Å². The first-order valence-corrected chi connectivity index (χ1v) is 9.71. The number of carbonyl (C=O) groups is 2. The number of carbonyl (C=O) groups excluding carboxylic acids is 2. The van der Waals surface area contributed by atoms with Gasteiger partial charge in [0.15, 0.2) is 0 Å². The fourth-order valence-corrected chi connectivity index (χ4v) is 3.38. The molecule has 1 heterocycles. The van der Waals surface area contributed by atoms with Crippen LogP contribution in [0.4, 0.5) is 18.9 Å². The maximum Gasteiger partial charge on any atom is 0.416 e. The molecule has 0 bridgehead atoms.